The maximum absolute atomic E-state index is 5.06. The van der Waals surface area contributed by atoms with Gasteiger partial charge in [0.05, 0.1) is 67.3 Å². The maximum Gasteiger partial charge on any atom is 0.160 e. The zero-order chi connectivity index (χ0) is 92.5. The van der Waals surface area contributed by atoms with Crippen molar-refractivity contribution in [2.24, 2.45) is 0 Å². The van der Waals surface area contributed by atoms with Crippen LogP contribution in [0.1, 0.15) is 74.9 Å². The summed E-state index contributed by atoms with van der Waals surface area (Å²) in [6.45, 7) is 14.1. The second-order valence-electron chi connectivity index (χ2n) is 38.0. The number of hydrogen-bond acceptors (Lipinski definition) is 6. The van der Waals surface area contributed by atoms with Crippen molar-refractivity contribution in [3.63, 3.8) is 0 Å². The molecule has 3 aliphatic carbocycles. The van der Waals surface area contributed by atoms with Crippen LogP contribution in [-0.4, -0.2) is 43.6 Å². The zero-order valence-corrected chi connectivity index (χ0v) is 77.3. The SMILES string of the molecule is CC1(C)c2ccccc2-c2c1ccc1c2c2ccccc2n1-c1ccc(-c2nc(-c3ccccc3)cc(-c3ccccc3)n2)cc1.CC1(C)c2ccccc2-c2c1ccc1c3ccccc3n(-c3ccc(-c4nc(-c5ccccc5)cc(-c5ccccc5)n4)cc3)c21.CC1(C)c2ccccc2-c2cc3c4ccccc4n(-c4ccc(-c5nc(-c6ccccc6)cc(-c6ccccc6)n5)cc4)c3cc21. The van der Waals surface area contributed by atoms with Gasteiger partial charge in [-0.25, -0.2) is 29.9 Å². The second kappa shape index (κ2) is 33.1. The molecule has 0 aliphatic heterocycles. The number of fused-ring (bicyclic) bond motifs is 20. The molecule has 0 amide bonds. The molecule has 6 aromatic heterocycles. The quantitative estimate of drug-likeness (QED) is 0.121. The average Bonchev–Trinajstić information content (AvgIpc) is 1.54. The van der Waals surface area contributed by atoms with Gasteiger partial charge in [0.1, 0.15) is 0 Å². The first-order valence-electron chi connectivity index (χ1n) is 47.5. The molecule has 654 valence electrons. The van der Waals surface area contributed by atoms with Crippen LogP contribution in [0, 0.1) is 0 Å². The van der Waals surface area contributed by atoms with Gasteiger partial charge in [0.25, 0.3) is 0 Å². The largest absolute Gasteiger partial charge is 0.309 e. The lowest BCUT2D eigenvalue weighted by Gasteiger charge is -2.21. The fourth-order valence-electron chi connectivity index (χ4n) is 22.0. The van der Waals surface area contributed by atoms with Crippen molar-refractivity contribution in [2.75, 3.05) is 0 Å². The van der Waals surface area contributed by atoms with Crippen LogP contribution in [0.15, 0.2) is 455 Å². The lowest BCUT2D eigenvalue weighted by Crippen LogP contribution is -2.14. The van der Waals surface area contributed by atoms with Gasteiger partial charge in [-0.3, -0.25) is 0 Å². The highest BCUT2D eigenvalue weighted by Gasteiger charge is 2.41. The summed E-state index contributed by atoms with van der Waals surface area (Å²) in [6, 6.07) is 162. The minimum Gasteiger partial charge on any atom is -0.309 e. The van der Waals surface area contributed by atoms with Crippen LogP contribution in [0.2, 0.25) is 0 Å². The summed E-state index contributed by atoms with van der Waals surface area (Å²) >= 11 is 0. The smallest absolute Gasteiger partial charge is 0.160 e. The van der Waals surface area contributed by atoms with Gasteiger partial charge in [0, 0.05) is 121 Å². The van der Waals surface area contributed by atoms with Gasteiger partial charge in [-0.1, -0.05) is 369 Å². The van der Waals surface area contributed by atoms with Crippen LogP contribution >= 0.6 is 0 Å². The molecule has 27 rings (SSSR count). The van der Waals surface area contributed by atoms with Crippen LogP contribution < -0.4 is 0 Å². The zero-order valence-electron chi connectivity index (χ0n) is 77.3. The lowest BCUT2D eigenvalue weighted by atomic mass is 9.82. The summed E-state index contributed by atoms with van der Waals surface area (Å²) in [5, 5.41) is 7.67. The summed E-state index contributed by atoms with van der Waals surface area (Å²) < 4.78 is 7.26. The van der Waals surface area contributed by atoms with E-state index in [1.807, 2.05) is 36.4 Å². The third kappa shape index (κ3) is 13.8. The Morgan fingerprint density at radius 2 is 0.471 bits per heavy atom. The van der Waals surface area contributed by atoms with Crippen molar-refractivity contribution in [1.82, 2.24) is 43.6 Å². The molecule has 6 heterocycles. The molecule has 9 nitrogen and oxygen atoms in total. The average molecular weight is 1770 g/mol. The second-order valence-corrected chi connectivity index (χ2v) is 38.0. The van der Waals surface area contributed by atoms with E-state index in [9.17, 15) is 0 Å². The number of benzene rings is 18. The van der Waals surface area contributed by atoms with Crippen molar-refractivity contribution >= 4 is 65.4 Å². The highest BCUT2D eigenvalue weighted by Crippen LogP contribution is 2.57. The number of aromatic nitrogens is 9. The van der Waals surface area contributed by atoms with Crippen LogP contribution in [0.25, 0.3) is 218 Å². The van der Waals surface area contributed by atoms with Gasteiger partial charge in [-0.2, -0.15) is 0 Å². The summed E-state index contributed by atoms with van der Waals surface area (Å²) in [5.74, 6) is 2.14. The van der Waals surface area contributed by atoms with Crippen LogP contribution in [0.4, 0.5) is 0 Å². The van der Waals surface area contributed by atoms with Gasteiger partial charge in [-0.15, -0.1) is 0 Å². The third-order valence-electron chi connectivity index (χ3n) is 28.9. The summed E-state index contributed by atoms with van der Waals surface area (Å²) in [7, 11) is 0. The molecular formula is C129H93N9. The van der Waals surface area contributed by atoms with Gasteiger partial charge in [0.2, 0.25) is 0 Å². The topological polar surface area (TPSA) is 92.1 Å². The lowest BCUT2D eigenvalue weighted by molar-refractivity contribution is 0.660. The molecule has 0 N–H and O–H groups in total. The van der Waals surface area contributed by atoms with E-state index < -0.39 is 0 Å². The first kappa shape index (κ1) is 82.5. The molecule has 138 heavy (non-hydrogen) atoms. The van der Waals surface area contributed by atoms with Crippen LogP contribution in [0.5, 0.6) is 0 Å². The van der Waals surface area contributed by atoms with Gasteiger partial charge in [0.15, 0.2) is 17.5 Å². The molecule has 18 aromatic carbocycles. The normalized spacial score (nSPS) is 13.2. The Morgan fingerprint density at radius 1 is 0.174 bits per heavy atom. The van der Waals surface area contributed by atoms with Crippen LogP contribution in [-0.2, 0) is 16.2 Å². The Hall–Kier alpha value is -17.4. The number of nitrogens with zero attached hydrogens (tertiary/aromatic N) is 9. The molecule has 0 saturated carbocycles. The van der Waals surface area contributed by atoms with Crippen molar-refractivity contribution in [3.8, 4) is 152 Å². The van der Waals surface area contributed by atoms with E-state index in [4.69, 9.17) is 29.9 Å². The van der Waals surface area contributed by atoms with E-state index in [0.29, 0.717) is 17.5 Å². The molecule has 0 radical (unpaired) electrons. The molecule has 0 unspecified atom stereocenters. The predicted octanol–water partition coefficient (Wildman–Crippen LogP) is 32.6. The van der Waals surface area contributed by atoms with E-state index in [0.717, 1.165) is 101 Å². The highest BCUT2D eigenvalue weighted by molar-refractivity contribution is 6.19. The van der Waals surface area contributed by atoms with E-state index in [2.05, 4.69) is 474 Å². The molecule has 0 saturated heterocycles. The Bertz CT molecular complexity index is 8710. The Balaban J connectivity index is 0.000000110. The maximum atomic E-state index is 5.06. The fraction of sp³-hybridized carbons (Fsp3) is 0.0698. The fourth-order valence-corrected chi connectivity index (χ4v) is 22.0. The number of para-hydroxylation sites is 3. The molecule has 9 heteroatoms. The first-order valence-corrected chi connectivity index (χ1v) is 47.5. The monoisotopic (exact) mass is 1770 g/mol. The predicted molar refractivity (Wildman–Crippen MR) is 571 cm³/mol. The summed E-state index contributed by atoms with van der Waals surface area (Å²) in [6.07, 6.45) is 0. The van der Waals surface area contributed by atoms with E-state index >= 15 is 0 Å². The molecule has 0 bridgehead atoms. The minimum absolute atomic E-state index is 0.0438. The Kier molecular flexibility index (Phi) is 19.8. The first-order chi connectivity index (χ1) is 67.7. The number of rotatable bonds is 12. The minimum atomic E-state index is -0.0666. The van der Waals surface area contributed by atoms with Crippen molar-refractivity contribution < 1.29 is 0 Å². The third-order valence-corrected chi connectivity index (χ3v) is 28.9. The molecule has 24 aromatic rings. The summed E-state index contributed by atoms with van der Waals surface area (Å²) in [5.41, 5.74) is 41.7. The Morgan fingerprint density at radius 3 is 0.884 bits per heavy atom. The van der Waals surface area contributed by atoms with E-state index in [1.165, 1.54) is 132 Å². The summed E-state index contributed by atoms with van der Waals surface area (Å²) in [4.78, 5) is 30.3. The van der Waals surface area contributed by atoms with Gasteiger partial charge in [-0.05, 0) is 189 Å². The number of hydrogen-bond donors (Lipinski definition) is 0. The molecule has 0 atom stereocenters. The molecule has 0 spiro atoms. The Labute approximate surface area is 801 Å². The van der Waals surface area contributed by atoms with Crippen molar-refractivity contribution in [3.05, 3.63) is 488 Å². The van der Waals surface area contributed by atoms with Crippen molar-refractivity contribution in [2.45, 2.75) is 57.8 Å². The highest BCUT2D eigenvalue weighted by atomic mass is 15.0. The molecule has 0 fully saturated rings. The van der Waals surface area contributed by atoms with Gasteiger partial charge < -0.3 is 13.7 Å². The van der Waals surface area contributed by atoms with E-state index in [-0.39, 0.29) is 16.2 Å². The van der Waals surface area contributed by atoms with Gasteiger partial charge >= 0.3 is 0 Å². The standard InChI is InChI=1S/3C43H31N3/c1-43(2)35-19-11-9-18-34(35)40-36(43)26-25-33-32-17-10-12-20-39(32)46(41(33)40)31-23-21-30(22-24-31)42-44-37(28-13-5-3-6-14-28)27-38(45-42)29-15-7-4-8-16-29;1-43(2)36-19-11-9-17-32(36)34-25-35-33-18-10-12-20-40(33)46(41(35)26-37(34)43)31-23-21-30(22-24-31)42-44-38(28-13-5-3-6-14-28)27-39(45-42)29-15-7-4-8-16-29;1-43(2)34-19-11-9-17-32(34)40-35(43)25-26-39-41(40)33-18-10-12-20-38(33)46(39)31-23-21-30(22-24-31)42-44-36(28-13-5-3-6-14-28)27-37(45-42)29-15-7-4-8-16-29/h3*3-27H,1-2H3. The van der Waals surface area contributed by atoms with E-state index in [1.54, 1.807) is 0 Å². The van der Waals surface area contributed by atoms with Crippen LogP contribution in [0.3, 0.4) is 0 Å². The van der Waals surface area contributed by atoms with Crippen molar-refractivity contribution in [1.29, 1.82) is 0 Å². The molecular weight excluding hydrogens is 1680 g/mol. The molecule has 3 aliphatic rings.